The van der Waals surface area contributed by atoms with Gasteiger partial charge >= 0.3 is 0 Å². The van der Waals surface area contributed by atoms with Gasteiger partial charge < -0.3 is 10.4 Å². The summed E-state index contributed by atoms with van der Waals surface area (Å²) in [7, 11) is 0. The number of aliphatic hydroxyl groups excluding tert-OH is 1. The Balaban J connectivity index is 2.20. The number of benzene rings is 1. The minimum Gasteiger partial charge on any atom is -0.396 e. The molecular formula is C13H17ClFNO. The second kappa shape index (κ2) is 5.34. The molecule has 0 radical (unpaired) electrons. The summed E-state index contributed by atoms with van der Waals surface area (Å²) in [6.45, 7) is 1.92. The molecule has 2 nitrogen and oxygen atoms in total. The zero-order valence-corrected chi connectivity index (χ0v) is 10.4. The maximum absolute atomic E-state index is 13.4. The van der Waals surface area contributed by atoms with Crippen LogP contribution in [0.3, 0.4) is 0 Å². The van der Waals surface area contributed by atoms with Gasteiger partial charge in [0.25, 0.3) is 0 Å². The summed E-state index contributed by atoms with van der Waals surface area (Å²) in [5.41, 5.74) is 0.644. The normalized spacial score (nSPS) is 19.2. The standard InChI is InChI=1S/C13H17ClFNO/c14-12-10(2-1-3-11(12)15)8-13(9-17)4-6-16-7-5-13/h1-3,16-17H,4-9H2. The van der Waals surface area contributed by atoms with Gasteiger partial charge in [0.05, 0.1) is 5.02 Å². The summed E-state index contributed by atoms with van der Waals surface area (Å²) >= 11 is 5.96. The molecule has 1 aliphatic heterocycles. The number of halogens is 2. The Hall–Kier alpha value is -0.640. The van der Waals surface area contributed by atoms with Gasteiger partial charge in [-0.25, -0.2) is 4.39 Å². The monoisotopic (exact) mass is 257 g/mol. The minimum absolute atomic E-state index is 0.127. The lowest BCUT2D eigenvalue weighted by molar-refractivity contribution is 0.0893. The molecule has 0 amide bonds. The van der Waals surface area contributed by atoms with Crippen LogP contribution in [0.15, 0.2) is 18.2 Å². The van der Waals surface area contributed by atoms with Crippen molar-refractivity contribution in [3.63, 3.8) is 0 Å². The molecule has 0 unspecified atom stereocenters. The quantitative estimate of drug-likeness (QED) is 0.872. The van der Waals surface area contributed by atoms with E-state index in [0.29, 0.717) is 6.42 Å². The van der Waals surface area contributed by atoms with Crippen molar-refractivity contribution in [3.8, 4) is 0 Å². The van der Waals surface area contributed by atoms with Crippen molar-refractivity contribution in [2.24, 2.45) is 5.41 Å². The zero-order chi connectivity index (χ0) is 12.3. The number of hydrogen-bond acceptors (Lipinski definition) is 2. The number of hydrogen-bond donors (Lipinski definition) is 2. The van der Waals surface area contributed by atoms with E-state index in [-0.39, 0.29) is 22.9 Å². The van der Waals surface area contributed by atoms with E-state index in [1.165, 1.54) is 6.07 Å². The van der Waals surface area contributed by atoms with Crippen LogP contribution in [0.2, 0.25) is 5.02 Å². The Morgan fingerprint density at radius 1 is 1.35 bits per heavy atom. The largest absolute Gasteiger partial charge is 0.396 e. The van der Waals surface area contributed by atoms with E-state index in [2.05, 4.69) is 5.32 Å². The van der Waals surface area contributed by atoms with Crippen molar-refractivity contribution in [2.45, 2.75) is 19.3 Å². The van der Waals surface area contributed by atoms with Crippen LogP contribution < -0.4 is 5.32 Å². The van der Waals surface area contributed by atoms with Crippen LogP contribution in [0.4, 0.5) is 4.39 Å². The third kappa shape index (κ3) is 2.79. The lowest BCUT2D eigenvalue weighted by atomic mass is 9.75. The molecule has 2 rings (SSSR count). The molecule has 1 aromatic carbocycles. The van der Waals surface area contributed by atoms with E-state index in [1.54, 1.807) is 6.07 Å². The minimum atomic E-state index is -0.383. The molecular weight excluding hydrogens is 241 g/mol. The van der Waals surface area contributed by atoms with Crippen molar-refractivity contribution in [1.82, 2.24) is 5.32 Å². The van der Waals surface area contributed by atoms with Crippen molar-refractivity contribution in [2.75, 3.05) is 19.7 Å². The van der Waals surface area contributed by atoms with Gasteiger partial charge in [-0.2, -0.15) is 0 Å². The second-order valence-corrected chi connectivity index (χ2v) is 5.18. The zero-order valence-electron chi connectivity index (χ0n) is 9.68. The predicted octanol–water partition coefficient (Wildman–Crippen LogP) is 2.38. The molecule has 0 bridgehead atoms. The molecule has 94 valence electrons. The Morgan fingerprint density at radius 2 is 2.06 bits per heavy atom. The van der Waals surface area contributed by atoms with E-state index in [1.807, 2.05) is 6.07 Å². The maximum Gasteiger partial charge on any atom is 0.142 e. The number of nitrogens with one attached hydrogen (secondary N) is 1. The first-order chi connectivity index (χ1) is 8.17. The molecule has 0 aliphatic carbocycles. The first kappa shape index (κ1) is 12.8. The highest BCUT2D eigenvalue weighted by Gasteiger charge is 2.32. The number of piperidine rings is 1. The Labute approximate surface area is 106 Å². The van der Waals surface area contributed by atoms with E-state index in [4.69, 9.17) is 11.6 Å². The van der Waals surface area contributed by atoms with Crippen LogP contribution >= 0.6 is 11.6 Å². The van der Waals surface area contributed by atoms with Crippen molar-refractivity contribution < 1.29 is 9.50 Å². The third-order valence-corrected chi connectivity index (χ3v) is 4.02. The molecule has 17 heavy (non-hydrogen) atoms. The predicted molar refractivity (Wildman–Crippen MR) is 66.7 cm³/mol. The summed E-state index contributed by atoms with van der Waals surface area (Å²) in [5.74, 6) is -0.383. The fourth-order valence-corrected chi connectivity index (χ4v) is 2.63. The van der Waals surface area contributed by atoms with Crippen LogP contribution in [0.25, 0.3) is 0 Å². The number of aliphatic hydroxyl groups is 1. The fourth-order valence-electron chi connectivity index (χ4n) is 2.44. The van der Waals surface area contributed by atoms with E-state index in [9.17, 15) is 9.50 Å². The van der Waals surface area contributed by atoms with Crippen molar-refractivity contribution in [3.05, 3.63) is 34.6 Å². The van der Waals surface area contributed by atoms with Gasteiger partial charge in [-0.1, -0.05) is 23.7 Å². The molecule has 0 aromatic heterocycles. The summed E-state index contributed by atoms with van der Waals surface area (Å²) in [5, 5.41) is 13.1. The first-order valence-corrected chi connectivity index (χ1v) is 6.29. The van der Waals surface area contributed by atoms with Crippen LogP contribution in [-0.2, 0) is 6.42 Å². The third-order valence-electron chi connectivity index (χ3n) is 3.60. The molecule has 0 saturated carbocycles. The average Bonchev–Trinajstić information content (AvgIpc) is 2.36. The molecule has 1 fully saturated rings. The van der Waals surface area contributed by atoms with Gasteiger partial charge in [0, 0.05) is 6.61 Å². The van der Waals surface area contributed by atoms with Crippen LogP contribution in [0.1, 0.15) is 18.4 Å². The molecule has 0 atom stereocenters. The Bertz CT molecular complexity index is 391. The highest BCUT2D eigenvalue weighted by atomic mass is 35.5. The molecule has 4 heteroatoms. The highest BCUT2D eigenvalue weighted by molar-refractivity contribution is 6.31. The van der Waals surface area contributed by atoms with E-state index >= 15 is 0 Å². The van der Waals surface area contributed by atoms with Crippen molar-refractivity contribution in [1.29, 1.82) is 0 Å². The van der Waals surface area contributed by atoms with Gasteiger partial charge in [0.2, 0.25) is 0 Å². The summed E-state index contributed by atoms with van der Waals surface area (Å²) in [6, 6.07) is 4.87. The molecule has 1 heterocycles. The van der Waals surface area contributed by atoms with Gasteiger partial charge in [0.1, 0.15) is 5.82 Å². The van der Waals surface area contributed by atoms with E-state index < -0.39 is 0 Å². The smallest absolute Gasteiger partial charge is 0.142 e. The highest BCUT2D eigenvalue weighted by Crippen LogP contribution is 2.35. The number of rotatable bonds is 3. The molecule has 1 saturated heterocycles. The lowest BCUT2D eigenvalue weighted by Gasteiger charge is -2.36. The van der Waals surface area contributed by atoms with Gasteiger partial charge in [0.15, 0.2) is 0 Å². The summed E-state index contributed by atoms with van der Waals surface area (Å²) in [6.07, 6.45) is 2.44. The maximum atomic E-state index is 13.4. The van der Waals surface area contributed by atoms with Crippen LogP contribution in [0.5, 0.6) is 0 Å². The molecule has 0 spiro atoms. The van der Waals surface area contributed by atoms with Crippen LogP contribution in [-0.4, -0.2) is 24.8 Å². The second-order valence-electron chi connectivity index (χ2n) is 4.80. The van der Waals surface area contributed by atoms with E-state index in [0.717, 1.165) is 31.5 Å². The SMILES string of the molecule is OCC1(Cc2cccc(F)c2Cl)CCNCC1. The van der Waals surface area contributed by atoms with Gasteiger partial charge in [-0.05, 0) is 49.4 Å². The van der Waals surface area contributed by atoms with Gasteiger partial charge in [-0.3, -0.25) is 0 Å². The summed E-state index contributed by atoms with van der Waals surface area (Å²) < 4.78 is 13.4. The van der Waals surface area contributed by atoms with Crippen LogP contribution in [0, 0.1) is 11.2 Å². The fraction of sp³-hybridized carbons (Fsp3) is 0.538. The lowest BCUT2D eigenvalue weighted by Crippen LogP contribution is -2.40. The average molecular weight is 258 g/mol. The Morgan fingerprint density at radius 3 is 2.71 bits per heavy atom. The molecule has 1 aliphatic rings. The topological polar surface area (TPSA) is 32.3 Å². The van der Waals surface area contributed by atoms with Gasteiger partial charge in [-0.15, -0.1) is 0 Å². The molecule has 2 N–H and O–H groups in total. The van der Waals surface area contributed by atoms with Crippen molar-refractivity contribution >= 4 is 11.6 Å². The Kier molecular flexibility index (Phi) is 4.02. The summed E-state index contributed by atoms with van der Waals surface area (Å²) in [4.78, 5) is 0. The molecule has 1 aromatic rings. The first-order valence-electron chi connectivity index (χ1n) is 5.91.